The summed E-state index contributed by atoms with van der Waals surface area (Å²) in [7, 11) is 3.24. The van der Waals surface area contributed by atoms with Crippen LogP contribution in [0.15, 0.2) is 28.7 Å². The highest BCUT2D eigenvalue weighted by Crippen LogP contribution is 2.24. The van der Waals surface area contributed by atoms with Crippen molar-refractivity contribution in [3.63, 3.8) is 0 Å². The van der Waals surface area contributed by atoms with Crippen molar-refractivity contribution >= 4 is 26.8 Å². The zero-order valence-electron chi connectivity index (χ0n) is 8.58. The highest BCUT2D eigenvalue weighted by molar-refractivity contribution is 9.10. The van der Waals surface area contributed by atoms with Crippen LogP contribution in [-0.4, -0.2) is 19.2 Å². The molecule has 0 aliphatic rings. The number of methoxy groups -OCH3 is 2. The molecule has 1 aromatic carbocycles. The Bertz CT molecular complexity index is 463. The molecule has 0 atom stereocenters. The van der Waals surface area contributed by atoms with Crippen molar-refractivity contribution in [1.29, 1.82) is 0 Å². The molecule has 2 aromatic rings. The van der Waals surface area contributed by atoms with Crippen LogP contribution in [0.4, 0.5) is 0 Å². The number of H-pyrrole nitrogens is 1. The third-order valence-electron chi connectivity index (χ3n) is 2.29. The molecule has 80 valence electrons. The number of aromatic nitrogens is 1. The van der Waals surface area contributed by atoms with Crippen molar-refractivity contribution in [1.82, 2.24) is 4.98 Å². The number of fused-ring (bicyclic) bond motifs is 1. The second-order valence-electron chi connectivity index (χ2n) is 3.26. The van der Waals surface area contributed by atoms with Gasteiger partial charge in [-0.1, -0.05) is 15.9 Å². The molecular formula is C11H12BrNO2. The van der Waals surface area contributed by atoms with Crippen LogP contribution in [0.2, 0.25) is 0 Å². The van der Waals surface area contributed by atoms with Gasteiger partial charge in [0.25, 0.3) is 0 Å². The highest BCUT2D eigenvalue weighted by Gasteiger charge is 2.11. The van der Waals surface area contributed by atoms with E-state index in [-0.39, 0.29) is 6.29 Å². The summed E-state index contributed by atoms with van der Waals surface area (Å²) in [5, 5.41) is 1.14. The van der Waals surface area contributed by atoms with Gasteiger partial charge in [0.15, 0.2) is 6.29 Å². The fraction of sp³-hybridized carbons (Fsp3) is 0.273. The zero-order chi connectivity index (χ0) is 10.8. The van der Waals surface area contributed by atoms with E-state index < -0.39 is 0 Å². The third-order valence-corrected chi connectivity index (χ3v) is 2.78. The van der Waals surface area contributed by atoms with Crippen molar-refractivity contribution in [2.24, 2.45) is 0 Å². The molecule has 1 aromatic heterocycles. The molecule has 15 heavy (non-hydrogen) atoms. The maximum absolute atomic E-state index is 5.18. The topological polar surface area (TPSA) is 34.2 Å². The number of aromatic amines is 1. The predicted octanol–water partition coefficient (Wildman–Crippen LogP) is 3.22. The van der Waals surface area contributed by atoms with Crippen LogP contribution < -0.4 is 0 Å². The molecule has 0 fully saturated rings. The lowest BCUT2D eigenvalue weighted by Gasteiger charge is -2.10. The van der Waals surface area contributed by atoms with E-state index in [0.717, 1.165) is 21.1 Å². The quantitative estimate of drug-likeness (QED) is 0.869. The lowest BCUT2D eigenvalue weighted by atomic mass is 10.2. The van der Waals surface area contributed by atoms with E-state index in [1.165, 1.54) is 0 Å². The second kappa shape index (κ2) is 4.35. The number of hydrogen-bond acceptors (Lipinski definition) is 2. The fourth-order valence-electron chi connectivity index (χ4n) is 1.60. The summed E-state index contributed by atoms with van der Waals surface area (Å²) in [5.74, 6) is 0. The van der Waals surface area contributed by atoms with Crippen molar-refractivity contribution < 1.29 is 9.47 Å². The summed E-state index contributed by atoms with van der Waals surface area (Å²) < 4.78 is 11.4. The molecule has 4 heteroatoms. The summed E-state index contributed by atoms with van der Waals surface area (Å²) >= 11 is 3.44. The van der Waals surface area contributed by atoms with Gasteiger partial charge in [0.2, 0.25) is 0 Å². The first-order valence-corrected chi connectivity index (χ1v) is 5.37. The van der Waals surface area contributed by atoms with E-state index in [2.05, 4.69) is 27.0 Å². The Morgan fingerprint density at radius 2 is 1.93 bits per heavy atom. The van der Waals surface area contributed by atoms with Gasteiger partial charge >= 0.3 is 0 Å². The van der Waals surface area contributed by atoms with Crippen LogP contribution in [-0.2, 0) is 9.47 Å². The predicted molar refractivity (Wildman–Crippen MR) is 62.8 cm³/mol. The Kier molecular flexibility index (Phi) is 3.09. The summed E-state index contributed by atoms with van der Waals surface area (Å²) in [4.78, 5) is 3.25. The standard InChI is InChI=1S/C11H12BrNO2/c1-14-11(15-2)10-6-7-5-8(12)3-4-9(7)13-10/h3-6,11,13H,1-2H3. The molecule has 0 bridgehead atoms. The summed E-state index contributed by atoms with van der Waals surface area (Å²) in [6.45, 7) is 0. The molecule has 0 spiro atoms. The van der Waals surface area contributed by atoms with E-state index >= 15 is 0 Å². The molecule has 0 radical (unpaired) electrons. The molecule has 1 N–H and O–H groups in total. The van der Waals surface area contributed by atoms with Gasteiger partial charge in [0.05, 0.1) is 5.69 Å². The summed E-state index contributed by atoms with van der Waals surface area (Å²) in [6.07, 6.45) is -0.337. The number of rotatable bonds is 3. The molecule has 2 rings (SSSR count). The molecule has 0 saturated heterocycles. The van der Waals surface area contributed by atoms with Gasteiger partial charge in [-0.3, -0.25) is 0 Å². The van der Waals surface area contributed by atoms with Gasteiger partial charge in [0, 0.05) is 29.6 Å². The van der Waals surface area contributed by atoms with Crippen LogP contribution >= 0.6 is 15.9 Å². The van der Waals surface area contributed by atoms with Gasteiger partial charge in [-0.05, 0) is 24.3 Å². The van der Waals surface area contributed by atoms with Crippen LogP contribution in [0.1, 0.15) is 12.0 Å². The summed E-state index contributed by atoms with van der Waals surface area (Å²) in [5.41, 5.74) is 2.00. The van der Waals surface area contributed by atoms with E-state index in [1.807, 2.05) is 18.2 Å². The first-order valence-electron chi connectivity index (χ1n) is 4.58. The number of ether oxygens (including phenoxy) is 2. The zero-order valence-corrected chi connectivity index (χ0v) is 10.2. The van der Waals surface area contributed by atoms with Crippen LogP contribution in [0.3, 0.4) is 0 Å². The largest absolute Gasteiger partial charge is 0.354 e. The van der Waals surface area contributed by atoms with Gasteiger partial charge in [-0.25, -0.2) is 0 Å². The Balaban J connectivity index is 2.46. The van der Waals surface area contributed by atoms with Crippen LogP contribution in [0.5, 0.6) is 0 Å². The number of benzene rings is 1. The minimum Gasteiger partial charge on any atom is -0.354 e. The van der Waals surface area contributed by atoms with Crippen molar-refractivity contribution in [3.8, 4) is 0 Å². The SMILES string of the molecule is COC(OC)c1cc2cc(Br)ccc2[nH]1. The van der Waals surface area contributed by atoms with Crippen molar-refractivity contribution in [2.75, 3.05) is 14.2 Å². The van der Waals surface area contributed by atoms with E-state index in [1.54, 1.807) is 14.2 Å². The van der Waals surface area contributed by atoms with Gasteiger partial charge < -0.3 is 14.5 Å². The lowest BCUT2D eigenvalue weighted by molar-refractivity contribution is -0.108. The van der Waals surface area contributed by atoms with Crippen LogP contribution in [0, 0.1) is 0 Å². The third kappa shape index (κ3) is 2.07. The maximum atomic E-state index is 5.18. The average molecular weight is 270 g/mol. The summed E-state index contributed by atoms with van der Waals surface area (Å²) in [6, 6.07) is 8.10. The molecule has 1 heterocycles. The smallest absolute Gasteiger partial charge is 0.198 e. The number of hydrogen-bond donors (Lipinski definition) is 1. The van der Waals surface area contributed by atoms with Crippen molar-refractivity contribution in [2.45, 2.75) is 6.29 Å². The molecule has 3 nitrogen and oxygen atoms in total. The average Bonchev–Trinajstić information content (AvgIpc) is 2.62. The normalized spacial score (nSPS) is 11.5. The minimum atomic E-state index is -0.337. The molecule has 0 aliphatic heterocycles. The first kappa shape index (κ1) is 10.7. The Labute approximate surface area is 96.5 Å². The van der Waals surface area contributed by atoms with Gasteiger partial charge in [0.1, 0.15) is 0 Å². The molecule has 0 amide bonds. The lowest BCUT2D eigenvalue weighted by Crippen LogP contribution is -2.03. The first-order chi connectivity index (χ1) is 7.24. The highest BCUT2D eigenvalue weighted by atomic mass is 79.9. The Morgan fingerprint density at radius 1 is 1.20 bits per heavy atom. The van der Waals surface area contributed by atoms with Crippen LogP contribution in [0.25, 0.3) is 10.9 Å². The Hall–Kier alpha value is -0.840. The Morgan fingerprint density at radius 3 is 2.60 bits per heavy atom. The fourth-order valence-corrected chi connectivity index (χ4v) is 1.98. The maximum Gasteiger partial charge on any atom is 0.198 e. The second-order valence-corrected chi connectivity index (χ2v) is 4.18. The van der Waals surface area contributed by atoms with E-state index in [4.69, 9.17) is 9.47 Å². The van der Waals surface area contributed by atoms with E-state index in [0.29, 0.717) is 0 Å². The molecule has 0 aliphatic carbocycles. The van der Waals surface area contributed by atoms with Gasteiger partial charge in [-0.15, -0.1) is 0 Å². The van der Waals surface area contributed by atoms with Crippen molar-refractivity contribution in [3.05, 3.63) is 34.4 Å². The van der Waals surface area contributed by atoms with Gasteiger partial charge in [-0.2, -0.15) is 0 Å². The number of nitrogens with one attached hydrogen (secondary N) is 1. The molecule has 0 unspecified atom stereocenters. The minimum absolute atomic E-state index is 0.337. The van der Waals surface area contributed by atoms with E-state index in [9.17, 15) is 0 Å². The number of halogens is 1. The molecular weight excluding hydrogens is 258 g/mol. The monoisotopic (exact) mass is 269 g/mol. The molecule has 0 saturated carbocycles.